The van der Waals surface area contributed by atoms with Crippen molar-refractivity contribution >= 4 is 57.3 Å². The largest absolute Gasteiger partial charge is 0.386 e. The molecule has 1 aromatic heterocycles. The van der Waals surface area contributed by atoms with E-state index in [1.165, 1.54) is 4.70 Å². The zero-order valence-electron chi connectivity index (χ0n) is 17.3. The van der Waals surface area contributed by atoms with Crippen LogP contribution in [0.1, 0.15) is 26.9 Å². The van der Waals surface area contributed by atoms with Gasteiger partial charge in [-0.3, -0.25) is 9.79 Å². The van der Waals surface area contributed by atoms with E-state index in [2.05, 4.69) is 21.7 Å². The summed E-state index contributed by atoms with van der Waals surface area (Å²) in [5.41, 5.74) is 1.70. The average molecular weight is 538 g/mol. The van der Waals surface area contributed by atoms with Crippen molar-refractivity contribution in [1.29, 1.82) is 0 Å². The number of fused-ring (bicyclic) bond motifs is 1. The first kappa shape index (κ1) is 24.1. The highest BCUT2D eigenvalue weighted by Crippen LogP contribution is 2.29. The van der Waals surface area contributed by atoms with Gasteiger partial charge in [-0.2, -0.15) is 0 Å². The number of aliphatic hydroxyl groups excluding tert-OH is 1. The van der Waals surface area contributed by atoms with Crippen LogP contribution in [0.3, 0.4) is 0 Å². The van der Waals surface area contributed by atoms with Gasteiger partial charge in [0.25, 0.3) is 5.91 Å². The molecule has 0 radical (unpaired) electrons. The lowest BCUT2D eigenvalue weighted by molar-refractivity contribution is 0.0827. The minimum Gasteiger partial charge on any atom is -0.386 e. The molecule has 3 rings (SSSR count). The molecule has 1 heterocycles. The Hall–Kier alpha value is -2.17. The summed E-state index contributed by atoms with van der Waals surface area (Å²) in [5.74, 6) is 0.593. The van der Waals surface area contributed by atoms with Gasteiger partial charge in [-0.25, -0.2) is 0 Å². The number of hydrogen-bond acceptors (Lipinski definition) is 4. The lowest BCUT2D eigenvalue weighted by atomic mass is 10.1. The van der Waals surface area contributed by atoms with Crippen LogP contribution in [0.4, 0.5) is 0 Å². The van der Waals surface area contributed by atoms with Gasteiger partial charge >= 0.3 is 0 Å². The molecule has 0 aliphatic rings. The van der Waals surface area contributed by atoms with Gasteiger partial charge in [-0.05, 0) is 35.2 Å². The van der Waals surface area contributed by atoms with Crippen LogP contribution < -0.4 is 10.6 Å². The fourth-order valence-corrected chi connectivity index (χ4v) is 3.94. The zero-order chi connectivity index (χ0) is 20.8. The highest BCUT2D eigenvalue weighted by atomic mass is 127. The van der Waals surface area contributed by atoms with Crippen molar-refractivity contribution in [1.82, 2.24) is 15.5 Å². The number of hydrogen-bond donors (Lipinski definition) is 3. The Labute approximate surface area is 198 Å². The van der Waals surface area contributed by atoms with Gasteiger partial charge < -0.3 is 20.6 Å². The monoisotopic (exact) mass is 538 g/mol. The van der Waals surface area contributed by atoms with E-state index in [1.807, 2.05) is 48.5 Å². The van der Waals surface area contributed by atoms with Crippen molar-refractivity contribution in [3.05, 3.63) is 70.6 Å². The molecule has 1 atom stereocenters. The van der Waals surface area contributed by atoms with Crippen LogP contribution in [0.15, 0.2) is 59.6 Å². The highest BCUT2D eigenvalue weighted by Gasteiger charge is 2.12. The summed E-state index contributed by atoms with van der Waals surface area (Å²) in [4.78, 5) is 18.6. The third-order valence-electron chi connectivity index (χ3n) is 4.53. The second-order valence-corrected chi connectivity index (χ2v) is 8.02. The summed E-state index contributed by atoms with van der Waals surface area (Å²) in [6.45, 7) is 0.928. The van der Waals surface area contributed by atoms with Crippen molar-refractivity contribution in [3.63, 3.8) is 0 Å². The van der Waals surface area contributed by atoms with E-state index in [9.17, 15) is 9.90 Å². The first-order valence-corrected chi connectivity index (χ1v) is 10.2. The molecule has 3 N–H and O–H groups in total. The number of amides is 1. The maximum absolute atomic E-state index is 11.9. The average Bonchev–Trinajstić information content (AvgIpc) is 3.18. The van der Waals surface area contributed by atoms with Gasteiger partial charge in [0.2, 0.25) is 0 Å². The number of rotatable bonds is 6. The van der Waals surface area contributed by atoms with Crippen molar-refractivity contribution in [2.45, 2.75) is 12.6 Å². The Morgan fingerprint density at radius 3 is 2.47 bits per heavy atom. The van der Waals surface area contributed by atoms with Gasteiger partial charge in [0.15, 0.2) is 5.96 Å². The van der Waals surface area contributed by atoms with E-state index in [1.54, 1.807) is 37.4 Å². The van der Waals surface area contributed by atoms with Gasteiger partial charge in [0, 0.05) is 49.4 Å². The minimum atomic E-state index is -0.609. The van der Waals surface area contributed by atoms with Crippen LogP contribution in [0.25, 0.3) is 10.1 Å². The third kappa shape index (κ3) is 6.16. The number of carbonyl (C=O) groups excluding carboxylic acids is 1. The molecule has 3 aromatic rings. The SMILES string of the molecule is CN=C(NCc1ccc(C(=O)N(C)C)cc1)NCC(O)c1cc2ccccc2s1.I. The molecule has 0 spiro atoms. The van der Waals surface area contributed by atoms with Crippen molar-refractivity contribution in [3.8, 4) is 0 Å². The Morgan fingerprint density at radius 1 is 1.13 bits per heavy atom. The van der Waals surface area contributed by atoms with Gasteiger partial charge in [-0.15, -0.1) is 35.3 Å². The Kier molecular flexibility index (Phi) is 9.07. The van der Waals surface area contributed by atoms with Crippen LogP contribution in [-0.2, 0) is 6.54 Å². The molecule has 30 heavy (non-hydrogen) atoms. The quantitative estimate of drug-likeness (QED) is 0.255. The second kappa shape index (κ2) is 11.3. The number of nitrogens with one attached hydrogen (secondary N) is 2. The van der Waals surface area contributed by atoms with E-state index in [-0.39, 0.29) is 29.9 Å². The number of aliphatic hydroxyl groups is 1. The van der Waals surface area contributed by atoms with E-state index in [0.717, 1.165) is 15.8 Å². The van der Waals surface area contributed by atoms with Crippen molar-refractivity contribution in [2.75, 3.05) is 27.7 Å². The molecule has 2 aromatic carbocycles. The van der Waals surface area contributed by atoms with Gasteiger partial charge in [-0.1, -0.05) is 30.3 Å². The summed E-state index contributed by atoms with van der Waals surface area (Å²) in [7, 11) is 5.17. The third-order valence-corrected chi connectivity index (χ3v) is 5.74. The van der Waals surface area contributed by atoms with E-state index < -0.39 is 6.10 Å². The number of guanidine groups is 1. The number of halogens is 1. The normalized spacial score (nSPS) is 12.2. The fourth-order valence-electron chi connectivity index (χ4n) is 2.89. The summed E-state index contributed by atoms with van der Waals surface area (Å²) in [5, 5.41) is 18.0. The van der Waals surface area contributed by atoms with Gasteiger partial charge in [0.05, 0.1) is 0 Å². The second-order valence-electron chi connectivity index (χ2n) is 6.91. The molecule has 8 heteroatoms. The first-order chi connectivity index (χ1) is 14.0. The summed E-state index contributed by atoms with van der Waals surface area (Å²) in [6.07, 6.45) is -0.609. The number of benzene rings is 2. The van der Waals surface area contributed by atoms with Gasteiger partial charge in [0.1, 0.15) is 6.10 Å². The number of thiophene rings is 1. The summed E-state index contributed by atoms with van der Waals surface area (Å²) in [6, 6.07) is 17.6. The van der Waals surface area contributed by atoms with Crippen LogP contribution >= 0.6 is 35.3 Å². The topological polar surface area (TPSA) is 77.0 Å². The molecule has 0 aliphatic heterocycles. The number of nitrogens with zero attached hydrogens (tertiary/aromatic N) is 2. The zero-order valence-corrected chi connectivity index (χ0v) is 20.4. The molecular formula is C22H27IN4O2S. The lowest BCUT2D eigenvalue weighted by Gasteiger charge is -2.15. The Morgan fingerprint density at radius 2 is 1.83 bits per heavy atom. The van der Waals surface area contributed by atoms with E-state index in [0.29, 0.717) is 24.6 Å². The predicted octanol–water partition coefficient (Wildman–Crippen LogP) is 3.62. The molecule has 0 saturated heterocycles. The lowest BCUT2D eigenvalue weighted by Crippen LogP contribution is -2.38. The highest BCUT2D eigenvalue weighted by molar-refractivity contribution is 14.0. The maximum Gasteiger partial charge on any atom is 0.253 e. The summed E-state index contributed by atoms with van der Waals surface area (Å²) >= 11 is 1.60. The van der Waals surface area contributed by atoms with Crippen molar-refractivity contribution < 1.29 is 9.90 Å². The molecular weight excluding hydrogens is 511 g/mol. The molecule has 1 unspecified atom stereocenters. The van der Waals surface area contributed by atoms with Crippen LogP contribution in [0, 0.1) is 0 Å². The molecule has 0 saturated carbocycles. The number of aliphatic imine (C=N–C) groups is 1. The van der Waals surface area contributed by atoms with Crippen LogP contribution in [0.2, 0.25) is 0 Å². The minimum absolute atomic E-state index is 0. The molecule has 1 amide bonds. The molecule has 0 fully saturated rings. The first-order valence-electron chi connectivity index (χ1n) is 9.39. The molecule has 6 nitrogen and oxygen atoms in total. The Balaban J connectivity index is 0.00000320. The standard InChI is InChI=1S/C22H26N4O2S.HI/c1-23-22(24-13-15-8-10-16(11-9-15)21(28)26(2)3)25-14-18(27)20-12-17-6-4-5-7-19(17)29-20;/h4-12,18,27H,13-14H2,1-3H3,(H2,23,24,25);1H. The number of carbonyl (C=O) groups is 1. The molecule has 0 aliphatic carbocycles. The van der Waals surface area contributed by atoms with E-state index in [4.69, 9.17) is 0 Å². The van der Waals surface area contributed by atoms with Crippen molar-refractivity contribution in [2.24, 2.45) is 4.99 Å². The van der Waals surface area contributed by atoms with Crippen LogP contribution in [0.5, 0.6) is 0 Å². The van der Waals surface area contributed by atoms with Crippen LogP contribution in [-0.4, -0.2) is 49.6 Å². The molecule has 0 bridgehead atoms. The Bertz CT molecular complexity index is 969. The smallest absolute Gasteiger partial charge is 0.253 e. The van der Waals surface area contributed by atoms with E-state index >= 15 is 0 Å². The predicted molar refractivity (Wildman–Crippen MR) is 135 cm³/mol. The maximum atomic E-state index is 11.9. The fraction of sp³-hybridized carbons (Fsp3) is 0.273. The molecule has 160 valence electrons. The summed E-state index contributed by atoms with van der Waals surface area (Å²) < 4.78 is 1.17.